The normalized spacial score (nSPS) is 11.7. The Bertz CT molecular complexity index is 595. The fourth-order valence-electron chi connectivity index (χ4n) is 4.83. The summed E-state index contributed by atoms with van der Waals surface area (Å²) < 4.78 is 10.7. The van der Waals surface area contributed by atoms with E-state index in [-0.39, 0.29) is 12.1 Å². The van der Waals surface area contributed by atoms with Crippen LogP contribution in [-0.2, 0) is 14.3 Å². The third-order valence-electron chi connectivity index (χ3n) is 7.27. The van der Waals surface area contributed by atoms with Gasteiger partial charge in [-0.3, -0.25) is 4.79 Å². The first-order valence-electron chi connectivity index (χ1n) is 17.3. The van der Waals surface area contributed by atoms with E-state index in [9.17, 15) is 9.59 Å². The summed E-state index contributed by atoms with van der Waals surface area (Å²) in [5, 5.41) is 6.26. The largest absolute Gasteiger partial charge is 0.466 e. The smallest absolute Gasteiger partial charge is 0.407 e. The molecule has 0 spiro atoms. The molecule has 0 unspecified atom stereocenters. The molecule has 0 aromatic rings. The lowest BCUT2D eigenvalue weighted by Gasteiger charge is -2.23. The highest BCUT2D eigenvalue weighted by atomic mass is 16.6. The number of amides is 1. The van der Waals surface area contributed by atoms with Gasteiger partial charge in [-0.2, -0.15) is 0 Å². The zero-order valence-electron chi connectivity index (χ0n) is 28.0. The van der Waals surface area contributed by atoms with E-state index in [1.54, 1.807) is 0 Å². The molecule has 0 aliphatic carbocycles. The van der Waals surface area contributed by atoms with Crippen LogP contribution in [0.1, 0.15) is 157 Å². The van der Waals surface area contributed by atoms with Gasteiger partial charge in [-0.15, -0.1) is 0 Å². The average Bonchev–Trinajstić information content (AvgIpc) is 2.91. The summed E-state index contributed by atoms with van der Waals surface area (Å²) in [6.45, 7) is 16.3. The predicted molar refractivity (Wildman–Crippen MR) is 174 cm³/mol. The quantitative estimate of drug-likeness (QED) is 0.0680. The lowest BCUT2D eigenvalue weighted by Crippen LogP contribution is -2.39. The van der Waals surface area contributed by atoms with Crippen LogP contribution in [0.4, 0.5) is 4.79 Å². The molecule has 0 saturated carbocycles. The topological polar surface area (TPSA) is 79.9 Å². The monoisotopic (exact) mass is 584 g/mol. The van der Waals surface area contributed by atoms with Crippen LogP contribution in [0.3, 0.4) is 0 Å². The summed E-state index contributed by atoms with van der Waals surface area (Å²) in [5.74, 6) is -0.0186. The van der Waals surface area contributed by atoms with Gasteiger partial charge in [0.1, 0.15) is 5.60 Å². The molecule has 0 fully saturated rings. The molecule has 244 valence electrons. The lowest BCUT2D eigenvalue weighted by molar-refractivity contribution is -0.143. The number of rotatable bonds is 29. The van der Waals surface area contributed by atoms with Gasteiger partial charge >= 0.3 is 12.1 Å². The molecule has 0 bridgehead atoms. The average molecular weight is 584 g/mol. The standard InChI is InChI=1S/C34H69N3O4/c1-6-8-10-12-14-19-23-31-40-32(38)24-20-16-15-18-22-29-37(28-21-17-13-11-9-7-2)30-27-35-25-26-36-33(39)41-34(3,4)5/h35H,6-31H2,1-5H3,(H,36,39). The Morgan fingerprint density at radius 1 is 0.610 bits per heavy atom. The minimum absolute atomic E-state index is 0.0186. The highest BCUT2D eigenvalue weighted by Gasteiger charge is 2.15. The Morgan fingerprint density at radius 2 is 1.12 bits per heavy atom. The van der Waals surface area contributed by atoms with Crippen LogP contribution >= 0.6 is 0 Å². The number of esters is 1. The minimum atomic E-state index is -0.465. The number of carbonyl (C=O) groups is 2. The van der Waals surface area contributed by atoms with Crippen LogP contribution in [0, 0.1) is 0 Å². The Labute approximate surface area is 254 Å². The zero-order valence-corrected chi connectivity index (χ0v) is 28.0. The Morgan fingerprint density at radius 3 is 1.68 bits per heavy atom. The molecule has 0 heterocycles. The molecule has 7 heteroatoms. The molecule has 0 aromatic carbocycles. The highest BCUT2D eigenvalue weighted by molar-refractivity contribution is 5.69. The van der Waals surface area contributed by atoms with Crippen molar-refractivity contribution in [1.29, 1.82) is 0 Å². The third-order valence-corrected chi connectivity index (χ3v) is 7.27. The van der Waals surface area contributed by atoms with Crippen molar-refractivity contribution in [1.82, 2.24) is 15.5 Å². The van der Waals surface area contributed by atoms with E-state index < -0.39 is 5.60 Å². The molecule has 0 aromatic heterocycles. The van der Waals surface area contributed by atoms with Gasteiger partial charge in [-0.25, -0.2) is 4.79 Å². The van der Waals surface area contributed by atoms with Gasteiger partial charge in [0.2, 0.25) is 0 Å². The van der Waals surface area contributed by atoms with Crippen LogP contribution in [0.2, 0.25) is 0 Å². The Kier molecular flexibility index (Phi) is 27.8. The molecule has 0 radical (unpaired) electrons. The molecule has 1 amide bonds. The first kappa shape index (κ1) is 39.7. The van der Waals surface area contributed by atoms with Crippen molar-refractivity contribution in [2.24, 2.45) is 0 Å². The van der Waals surface area contributed by atoms with Crippen molar-refractivity contribution in [3.63, 3.8) is 0 Å². The predicted octanol–water partition coefficient (Wildman–Crippen LogP) is 8.40. The van der Waals surface area contributed by atoms with Crippen molar-refractivity contribution in [2.75, 3.05) is 45.9 Å². The van der Waals surface area contributed by atoms with E-state index in [4.69, 9.17) is 9.47 Å². The second kappa shape index (κ2) is 28.8. The van der Waals surface area contributed by atoms with E-state index in [2.05, 4.69) is 29.4 Å². The van der Waals surface area contributed by atoms with Crippen molar-refractivity contribution < 1.29 is 19.1 Å². The molecule has 0 atom stereocenters. The summed E-state index contributed by atoms with van der Waals surface area (Å²) >= 11 is 0. The van der Waals surface area contributed by atoms with Crippen molar-refractivity contribution in [2.45, 2.75) is 162 Å². The SMILES string of the molecule is CCCCCCCCCOC(=O)CCCCCCCN(CCCCCCCC)CCNCCNC(=O)OC(C)(C)C. The highest BCUT2D eigenvalue weighted by Crippen LogP contribution is 2.11. The number of nitrogens with zero attached hydrogens (tertiary/aromatic N) is 1. The maximum absolute atomic E-state index is 12.0. The number of ether oxygens (including phenoxy) is 2. The number of hydrogen-bond donors (Lipinski definition) is 2. The summed E-state index contributed by atoms with van der Waals surface area (Å²) in [4.78, 5) is 26.3. The van der Waals surface area contributed by atoms with Crippen LogP contribution in [0.5, 0.6) is 0 Å². The summed E-state index contributed by atoms with van der Waals surface area (Å²) in [6.07, 6.45) is 22.5. The fourth-order valence-corrected chi connectivity index (χ4v) is 4.83. The molecular formula is C34H69N3O4. The molecule has 0 rings (SSSR count). The molecule has 2 N–H and O–H groups in total. The zero-order chi connectivity index (χ0) is 30.4. The lowest BCUT2D eigenvalue weighted by atomic mass is 10.1. The van der Waals surface area contributed by atoms with Gasteiger partial charge in [0.05, 0.1) is 6.61 Å². The molecular weight excluding hydrogens is 514 g/mol. The van der Waals surface area contributed by atoms with Crippen molar-refractivity contribution >= 4 is 12.1 Å². The van der Waals surface area contributed by atoms with Crippen LogP contribution in [0.15, 0.2) is 0 Å². The first-order chi connectivity index (χ1) is 19.8. The Hall–Kier alpha value is -1.34. The summed E-state index contributed by atoms with van der Waals surface area (Å²) in [7, 11) is 0. The van der Waals surface area contributed by atoms with Gasteiger partial charge in [0, 0.05) is 32.6 Å². The second-order valence-electron chi connectivity index (χ2n) is 12.6. The van der Waals surface area contributed by atoms with Gasteiger partial charge in [-0.1, -0.05) is 104 Å². The van der Waals surface area contributed by atoms with Crippen LogP contribution in [-0.4, -0.2) is 68.4 Å². The molecule has 0 aliphatic heterocycles. The molecule has 0 saturated heterocycles. The van der Waals surface area contributed by atoms with E-state index in [0.29, 0.717) is 19.6 Å². The van der Waals surface area contributed by atoms with E-state index in [1.165, 1.54) is 96.3 Å². The number of carbonyl (C=O) groups excluding carboxylic acids is 2. The van der Waals surface area contributed by atoms with E-state index >= 15 is 0 Å². The third kappa shape index (κ3) is 31.4. The maximum Gasteiger partial charge on any atom is 0.407 e. The minimum Gasteiger partial charge on any atom is -0.466 e. The fraction of sp³-hybridized carbons (Fsp3) is 0.941. The molecule has 7 nitrogen and oxygen atoms in total. The summed E-state index contributed by atoms with van der Waals surface area (Å²) in [5.41, 5.74) is -0.465. The van der Waals surface area contributed by atoms with Gasteiger partial charge in [-0.05, 0) is 59.5 Å². The summed E-state index contributed by atoms with van der Waals surface area (Å²) in [6, 6.07) is 0. The van der Waals surface area contributed by atoms with Gasteiger partial charge < -0.3 is 25.0 Å². The number of nitrogens with one attached hydrogen (secondary N) is 2. The van der Waals surface area contributed by atoms with Gasteiger partial charge in [0.15, 0.2) is 0 Å². The molecule has 0 aliphatic rings. The van der Waals surface area contributed by atoms with Gasteiger partial charge in [0.25, 0.3) is 0 Å². The Balaban J connectivity index is 3.95. The number of unbranched alkanes of at least 4 members (excludes halogenated alkanes) is 15. The molecule has 41 heavy (non-hydrogen) atoms. The van der Waals surface area contributed by atoms with Crippen molar-refractivity contribution in [3.05, 3.63) is 0 Å². The number of hydrogen-bond acceptors (Lipinski definition) is 6. The van der Waals surface area contributed by atoms with E-state index in [0.717, 1.165) is 52.0 Å². The first-order valence-corrected chi connectivity index (χ1v) is 17.3. The van der Waals surface area contributed by atoms with Crippen LogP contribution < -0.4 is 10.6 Å². The van der Waals surface area contributed by atoms with E-state index in [1.807, 2.05) is 20.8 Å². The van der Waals surface area contributed by atoms with Crippen LogP contribution in [0.25, 0.3) is 0 Å². The second-order valence-corrected chi connectivity index (χ2v) is 12.6. The number of alkyl carbamates (subject to hydrolysis) is 1. The van der Waals surface area contributed by atoms with Crippen molar-refractivity contribution in [3.8, 4) is 0 Å². The maximum atomic E-state index is 12.0.